The Morgan fingerprint density at radius 3 is 2.57 bits per heavy atom. The molecule has 2 fully saturated rings. The van der Waals surface area contributed by atoms with Gasteiger partial charge in [0.05, 0.1) is 19.8 Å². The average Bonchev–Trinajstić information content (AvgIpc) is 2.57. The summed E-state index contributed by atoms with van der Waals surface area (Å²) >= 11 is 0. The molecule has 5 heteroatoms. The number of nitrogens with zero attached hydrogens (tertiary/aromatic N) is 3. The number of guanidine groups is 1. The van der Waals surface area contributed by atoms with Crippen LogP contribution in [0.5, 0.6) is 0 Å². The summed E-state index contributed by atoms with van der Waals surface area (Å²) in [5.41, 5.74) is 0. The van der Waals surface area contributed by atoms with Crippen molar-refractivity contribution in [1.82, 2.24) is 15.1 Å². The lowest BCUT2D eigenvalue weighted by Gasteiger charge is -2.31. The van der Waals surface area contributed by atoms with Crippen molar-refractivity contribution in [2.45, 2.75) is 39.5 Å². The Balaban J connectivity index is 1.77. The van der Waals surface area contributed by atoms with Gasteiger partial charge in [-0.2, -0.15) is 0 Å². The molecule has 0 aromatic heterocycles. The Labute approximate surface area is 142 Å². The third kappa shape index (κ3) is 6.68. The number of morpholine rings is 1. The topological polar surface area (TPSA) is 40.1 Å². The van der Waals surface area contributed by atoms with Gasteiger partial charge >= 0.3 is 0 Å². The van der Waals surface area contributed by atoms with Crippen LogP contribution in [0.15, 0.2) is 4.99 Å². The Kier molecular flexibility index (Phi) is 8.17. The van der Waals surface area contributed by atoms with Crippen molar-refractivity contribution in [2.24, 2.45) is 16.8 Å². The second-order valence-corrected chi connectivity index (χ2v) is 7.20. The molecule has 0 radical (unpaired) electrons. The summed E-state index contributed by atoms with van der Waals surface area (Å²) < 4.78 is 5.40. The number of aliphatic imine (C=N–C) groups is 1. The van der Waals surface area contributed by atoms with Crippen LogP contribution in [0.3, 0.4) is 0 Å². The van der Waals surface area contributed by atoms with E-state index in [4.69, 9.17) is 9.73 Å². The second kappa shape index (κ2) is 10.1. The molecule has 1 aliphatic carbocycles. The minimum atomic E-state index is 0.833. The highest BCUT2D eigenvalue weighted by atomic mass is 16.5. The van der Waals surface area contributed by atoms with Crippen molar-refractivity contribution in [2.75, 3.05) is 59.5 Å². The number of nitrogens with one attached hydrogen (secondary N) is 1. The molecule has 1 heterocycles. The van der Waals surface area contributed by atoms with Gasteiger partial charge in [-0.25, -0.2) is 0 Å². The molecule has 5 nitrogen and oxygen atoms in total. The summed E-state index contributed by atoms with van der Waals surface area (Å²) in [6.45, 7) is 12.3. The summed E-state index contributed by atoms with van der Waals surface area (Å²) in [7, 11) is 2.19. The smallest absolute Gasteiger partial charge is 0.193 e. The average molecular weight is 325 g/mol. The Morgan fingerprint density at radius 2 is 1.91 bits per heavy atom. The van der Waals surface area contributed by atoms with Crippen LogP contribution in [-0.2, 0) is 4.74 Å². The molecule has 1 saturated carbocycles. The second-order valence-electron chi connectivity index (χ2n) is 7.20. The Bertz CT molecular complexity index is 347. The first-order valence-electron chi connectivity index (χ1n) is 9.48. The van der Waals surface area contributed by atoms with Gasteiger partial charge in [-0.3, -0.25) is 9.89 Å². The maximum atomic E-state index is 5.40. The third-order valence-corrected chi connectivity index (χ3v) is 5.15. The van der Waals surface area contributed by atoms with E-state index in [1.807, 2.05) is 0 Å². The van der Waals surface area contributed by atoms with Crippen LogP contribution in [0.4, 0.5) is 0 Å². The van der Waals surface area contributed by atoms with Crippen LogP contribution in [0.25, 0.3) is 0 Å². The van der Waals surface area contributed by atoms with Crippen LogP contribution in [0.2, 0.25) is 0 Å². The van der Waals surface area contributed by atoms with Gasteiger partial charge in [-0.1, -0.05) is 19.8 Å². The fourth-order valence-corrected chi connectivity index (χ4v) is 3.58. The normalized spacial score (nSPS) is 27.0. The standard InChI is InChI=1S/C18H36N4O/c1-4-19-18(20-9-10-22-11-13-23-14-12-22)21(3)15-17-7-5-16(2)6-8-17/h16-17H,4-15H2,1-3H3,(H,19,20). The summed E-state index contributed by atoms with van der Waals surface area (Å²) in [6.07, 6.45) is 5.53. The monoisotopic (exact) mass is 324 g/mol. The molecule has 1 N–H and O–H groups in total. The van der Waals surface area contributed by atoms with E-state index >= 15 is 0 Å². The first-order chi connectivity index (χ1) is 11.2. The predicted octanol–water partition coefficient (Wildman–Crippen LogP) is 2.04. The van der Waals surface area contributed by atoms with Crippen molar-refractivity contribution < 1.29 is 4.74 Å². The lowest BCUT2D eigenvalue weighted by atomic mass is 9.83. The summed E-state index contributed by atoms with van der Waals surface area (Å²) in [5, 5.41) is 3.45. The number of hydrogen-bond acceptors (Lipinski definition) is 3. The van der Waals surface area contributed by atoms with Gasteiger partial charge in [-0.15, -0.1) is 0 Å². The van der Waals surface area contributed by atoms with Crippen molar-refractivity contribution in [3.63, 3.8) is 0 Å². The summed E-state index contributed by atoms with van der Waals surface area (Å²) in [4.78, 5) is 9.62. The van der Waals surface area contributed by atoms with E-state index in [-0.39, 0.29) is 0 Å². The molecular weight excluding hydrogens is 288 g/mol. The van der Waals surface area contributed by atoms with Crippen molar-refractivity contribution >= 4 is 5.96 Å². The molecule has 0 amide bonds. The fourth-order valence-electron chi connectivity index (χ4n) is 3.58. The zero-order valence-corrected chi connectivity index (χ0v) is 15.4. The fraction of sp³-hybridized carbons (Fsp3) is 0.944. The number of hydrogen-bond donors (Lipinski definition) is 1. The van der Waals surface area contributed by atoms with Crippen LogP contribution < -0.4 is 5.32 Å². The first kappa shape index (κ1) is 18.5. The molecular formula is C18H36N4O. The predicted molar refractivity (Wildman–Crippen MR) is 97.0 cm³/mol. The zero-order valence-electron chi connectivity index (χ0n) is 15.4. The summed E-state index contributed by atoms with van der Waals surface area (Å²) in [5.74, 6) is 2.82. The van der Waals surface area contributed by atoms with E-state index in [0.29, 0.717) is 0 Å². The van der Waals surface area contributed by atoms with E-state index < -0.39 is 0 Å². The molecule has 23 heavy (non-hydrogen) atoms. The lowest BCUT2D eigenvalue weighted by Crippen LogP contribution is -2.43. The SMILES string of the molecule is CCNC(=NCCN1CCOCC1)N(C)CC1CCC(C)CC1. The van der Waals surface area contributed by atoms with Crippen molar-refractivity contribution in [1.29, 1.82) is 0 Å². The van der Waals surface area contributed by atoms with Crippen molar-refractivity contribution in [3.8, 4) is 0 Å². The first-order valence-corrected chi connectivity index (χ1v) is 9.48. The molecule has 0 unspecified atom stereocenters. The summed E-state index contributed by atoms with van der Waals surface area (Å²) in [6, 6.07) is 0. The van der Waals surface area contributed by atoms with Gasteiger partial charge in [0.1, 0.15) is 0 Å². The molecule has 134 valence electrons. The molecule has 2 aliphatic rings. The molecule has 2 rings (SSSR count). The molecule has 0 atom stereocenters. The molecule has 0 spiro atoms. The quantitative estimate of drug-likeness (QED) is 0.600. The molecule has 0 aromatic carbocycles. The molecule has 0 bridgehead atoms. The molecule has 1 aliphatic heterocycles. The van der Waals surface area contributed by atoms with Crippen LogP contribution in [0, 0.1) is 11.8 Å². The van der Waals surface area contributed by atoms with Crippen LogP contribution >= 0.6 is 0 Å². The lowest BCUT2D eigenvalue weighted by molar-refractivity contribution is 0.0394. The van der Waals surface area contributed by atoms with Gasteiger partial charge in [0.15, 0.2) is 5.96 Å². The highest BCUT2D eigenvalue weighted by Gasteiger charge is 2.20. The maximum absolute atomic E-state index is 5.40. The van der Waals surface area contributed by atoms with Gasteiger partial charge in [0.25, 0.3) is 0 Å². The van der Waals surface area contributed by atoms with E-state index in [1.165, 1.54) is 25.7 Å². The third-order valence-electron chi connectivity index (χ3n) is 5.15. The highest BCUT2D eigenvalue weighted by molar-refractivity contribution is 5.79. The van der Waals surface area contributed by atoms with Crippen molar-refractivity contribution in [3.05, 3.63) is 0 Å². The molecule has 1 saturated heterocycles. The van der Waals surface area contributed by atoms with E-state index in [2.05, 4.69) is 36.0 Å². The number of rotatable bonds is 6. The number of ether oxygens (including phenoxy) is 1. The van der Waals surface area contributed by atoms with Crippen LogP contribution in [-0.4, -0.2) is 75.3 Å². The van der Waals surface area contributed by atoms with Gasteiger partial charge in [0, 0.05) is 39.8 Å². The van der Waals surface area contributed by atoms with E-state index in [9.17, 15) is 0 Å². The van der Waals surface area contributed by atoms with Gasteiger partial charge in [-0.05, 0) is 31.6 Å². The highest BCUT2D eigenvalue weighted by Crippen LogP contribution is 2.28. The minimum absolute atomic E-state index is 0.833. The minimum Gasteiger partial charge on any atom is -0.379 e. The van der Waals surface area contributed by atoms with E-state index in [0.717, 1.165) is 70.3 Å². The van der Waals surface area contributed by atoms with E-state index in [1.54, 1.807) is 0 Å². The Hall–Kier alpha value is -0.810. The molecule has 0 aromatic rings. The largest absolute Gasteiger partial charge is 0.379 e. The van der Waals surface area contributed by atoms with Gasteiger partial charge < -0.3 is 15.0 Å². The maximum Gasteiger partial charge on any atom is 0.193 e. The van der Waals surface area contributed by atoms with Gasteiger partial charge in [0.2, 0.25) is 0 Å². The zero-order chi connectivity index (χ0) is 16.5. The van der Waals surface area contributed by atoms with Crippen LogP contribution in [0.1, 0.15) is 39.5 Å². The Morgan fingerprint density at radius 1 is 1.22 bits per heavy atom.